The largest absolute Gasteiger partial charge is 0.352 e. The number of nitrogens with one attached hydrogen (secondary N) is 2. The molecule has 4 N–H and O–H groups in total. The van der Waals surface area contributed by atoms with Crippen LogP contribution in [0, 0.1) is 0 Å². The number of halogens is 2. The molecule has 0 saturated carbocycles. The maximum atomic E-state index is 12.6. The van der Waals surface area contributed by atoms with E-state index >= 15 is 0 Å². The average molecular weight is 422 g/mol. The topological polar surface area (TPSA) is 84.2 Å². The van der Waals surface area contributed by atoms with Crippen LogP contribution in [0.1, 0.15) is 43.5 Å². The molecule has 5 nitrogen and oxygen atoms in total. The van der Waals surface area contributed by atoms with Crippen molar-refractivity contribution in [2.24, 2.45) is 5.73 Å². The Balaban J connectivity index is 0.00000625. The summed E-state index contributed by atoms with van der Waals surface area (Å²) < 4.78 is 0. The fourth-order valence-electron chi connectivity index (χ4n) is 2.27. The van der Waals surface area contributed by atoms with Crippen LogP contribution < -0.4 is 16.4 Å². The summed E-state index contributed by atoms with van der Waals surface area (Å²) in [6, 6.07) is 6.17. The zero-order chi connectivity index (χ0) is 18.9. The Kier molecular flexibility index (Phi) is 12.0. The molecule has 1 aromatic carbocycles. The van der Waals surface area contributed by atoms with Crippen LogP contribution in [0.25, 0.3) is 0 Å². The highest BCUT2D eigenvalue weighted by Crippen LogP contribution is 2.15. The average Bonchev–Trinajstić information content (AvgIpc) is 2.63. The number of thioether (sulfide) groups is 1. The summed E-state index contributed by atoms with van der Waals surface area (Å²) in [6.07, 6.45) is 4.04. The molecule has 148 valence electrons. The minimum atomic E-state index is -0.616. The maximum absolute atomic E-state index is 12.6. The first-order valence-electron chi connectivity index (χ1n) is 8.47. The lowest BCUT2D eigenvalue weighted by Crippen LogP contribution is -2.54. The number of carbonyl (C=O) groups excluding carboxylic acids is 2. The van der Waals surface area contributed by atoms with Crippen molar-refractivity contribution in [1.82, 2.24) is 10.6 Å². The van der Waals surface area contributed by atoms with E-state index in [1.165, 1.54) is 0 Å². The van der Waals surface area contributed by atoms with E-state index in [0.29, 0.717) is 23.6 Å². The van der Waals surface area contributed by atoms with Gasteiger partial charge >= 0.3 is 0 Å². The quantitative estimate of drug-likeness (QED) is 0.541. The molecule has 1 unspecified atom stereocenters. The lowest BCUT2D eigenvalue weighted by atomic mass is 9.94. The van der Waals surface area contributed by atoms with Crippen LogP contribution >= 0.6 is 35.8 Å². The molecule has 1 rings (SSSR count). The number of carbonyl (C=O) groups is 2. The second-order valence-electron chi connectivity index (χ2n) is 6.07. The van der Waals surface area contributed by atoms with E-state index in [1.807, 2.05) is 20.1 Å². The maximum Gasteiger partial charge on any atom is 0.253 e. The van der Waals surface area contributed by atoms with Gasteiger partial charge in [0.2, 0.25) is 5.91 Å². The SMILES string of the molecule is CCC(N)(CC)CNC(=O)C(CCSC)NC(=O)c1ccccc1Cl.Cl. The standard InChI is InChI=1S/C18H28ClN3O2S.ClH/c1-4-18(20,5-2)12-21-17(24)15(10-11-25-3)22-16(23)13-8-6-7-9-14(13)19;/h6-9,15H,4-5,10-12,20H2,1-3H3,(H,21,24)(H,22,23);1H. The summed E-state index contributed by atoms with van der Waals surface area (Å²) in [6.45, 7) is 4.39. The zero-order valence-corrected chi connectivity index (χ0v) is 17.9. The normalized spacial score (nSPS) is 12.0. The molecule has 0 saturated heterocycles. The van der Waals surface area contributed by atoms with E-state index in [4.69, 9.17) is 17.3 Å². The van der Waals surface area contributed by atoms with Crippen LogP contribution in [0.4, 0.5) is 0 Å². The summed E-state index contributed by atoms with van der Waals surface area (Å²) in [7, 11) is 0. The summed E-state index contributed by atoms with van der Waals surface area (Å²) >= 11 is 7.69. The van der Waals surface area contributed by atoms with Gasteiger partial charge in [-0.15, -0.1) is 12.4 Å². The van der Waals surface area contributed by atoms with E-state index in [2.05, 4.69) is 10.6 Å². The lowest BCUT2D eigenvalue weighted by Gasteiger charge is -2.28. The molecular weight excluding hydrogens is 393 g/mol. The first-order chi connectivity index (χ1) is 11.9. The molecule has 8 heteroatoms. The Labute approximate surface area is 171 Å². The minimum absolute atomic E-state index is 0. The molecule has 0 aromatic heterocycles. The Morgan fingerprint density at radius 3 is 2.42 bits per heavy atom. The molecule has 26 heavy (non-hydrogen) atoms. The van der Waals surface area contributed by atoms with Gasteiger partial charge in [0.25, 0.3) is 5.91 Å². The van der Waals surface area contributed by atoms with Crippen LogP contribution in [0.5, 0.6) is 0 Å². The summed E-state index contributed by atoms with van der Waals surface area (Å²) in [5.74, 6) is 0.193. The highest BCUT2D eigenvalue weighted by Gasteiger charge is 2.25. The third-order valence-corrected chi connectivity index (χ3v) is 5.35. The van der Waals surface area contributed by atoms with Crippen LogP contribution in [0.2, 0.25) is 5.02 Å². The first kappa shape index (κ1) is 25.1. The summed E-state index contributed by atoms with van der Waals surface area (Å²) in [5, 5.41) is 6.04. The van der Waals surface area contributed by atoms with Gasteiger partial charge in [0.15, 0.2) is 0 Å². The third-order valence-electron chi connectivity index (χ3n) is 4.37. The second kappa shape index (κ2) is 12.4. The monoisotopic (exact) mass is 421 g/mol. The molecule has 0 heterocycles. The van der Waals surface area contributed by atoms with Crippen molar-refractivity contribution in [3.8, 4) is 0 Å². The second-order valence-corrected chi connectivity index (χ2v) is 7.47. The van der Waals surface area contributed by atoms with Crippen molar-refractivity contribution in [2.75, 3.05) is 18.6 Å². The van der Waals surface area contributed by atoms with Gasteiger partial charge in [-0.1, -0.05) is 37.6 Å². The van der Waals surface area contributed by atoms with E-state index in [0.717, 1.165) is 18.6 Å². The van der Waals surface area contributed by atoms with E-state index in [9.17, 15) is 9.59 Å². The van der Waals surface area contributed by atoms with E-state index in [-0.39, 0.29) is 24.2 Å². The Morgan fingerprint density at radius 2 is 1.88 bits per heavy atom. The molecule has 1 aromatic rings. The molecule has 0 radical (unpaired) electrons. The predicted molar refractivity (Wildman–Crippen MR) is 113 cm³/mol. The molecule has 0 fully saturated rings. The van der Waals surface area contributed by atoms with E-state index < -0.39 is 11.6 Å². The van der Waals surface area contributed by atoms with Gasteiger partial charge in [-0.05, 0) is 43.4 Å². The first-order valence-corrected chi connectivity index (χ1v) is 10.2. The highest BCUT2D eigenvalue weighted by molar-refractivity contribution is 7.98. The van der Waals surface area contributed by atoms with Crippen molar-refractivity contribution in [2.45, 2.75) is 44.7 Å². The summed E-state index contributed by atoms with van der Waals surface area (Å²) in [4.78, 5) is 25.0. The van der Waals surface area contributed by atoms with Crippen molar-refractivity contribution >= 4 is 47.6 Å². The van der Waals surface area contributed by atoms with Gasteiger partial charge in [-0.25, -0.2) is 0 Å². The van der Waals surface area contributed by atoms with Gasteiger partial charge in [0, 0.05) is 12.1 Å². The molecule has 0 aliphatic rings. The molecule has 0 spiro atoms. The molecule has 1 atom stereocenters. The van der Waals surface area contributed by atoms with Crippen LogP contribution in [0.3, 0.4) is 0 Å². The lowest BCUT2D eigenvalue weighted by molar-refractivity contribution is -0.123. The van der Waals surface area contributed by atoms with Gasteiger partial charge in [-0.2, -0.15) is 11.8 Å². The van der Waals surface area contributed by atoms with Gasteiger partial charge in [0.1, 0.15) is 6.04 Å². The fourth-order valence-corrected chi connectivity index (χ4v) is 2.97. The van der Waals surface area contributed by atoms with Gasteiger partial charge in [0.05, 0.1) is 10.6 Å². The van der Waals surface area contributed by atoms with Crippen molar-refractivity contribution in [1.29, 1.82) is 0 Å². The van der Waals surface area contributed by atoms with Gasteiger partial charge in [-0.3, -0.25) is 9.59 Å². The number of hydrogen-bond acceptors (Lipinski definition) is 4. The van der Waals surface area contributed by atoms with E-state index in [1.54, 1.807) is 36.0 Å². The van der Waals surface area contributed by atoms with Gasteiger partial charge < -0.3 is 16.4 Å². The molecule has 0 aliphatic carbocycles. The van der Waals surface area contributed by atoms with Crippen molar-refractivity contribution in [3.05, 3.63) is 34.9 Å². The van der Waals surface area contributed by atoms with Crippen LogP contribution in [-0.4, -0.2) is 41.9 Å². The highest BCUT2D eigenvalue weighted by atomic mass is 35.5. The third kappa shape index (κ3) is 7.74. The molecule has 0 aliphatic heterocycles. The number of nitrogens with two attached hydrogens (primary N) is 1. The Bertz CT molecular complexity index is 583. The van der Waals surface area contributed by atoms with Crippen molar-refractivity contribution in [3.63, 3.8) is 0 Å². The summed E-state index contributed by atoms with van der Waals surface area (Å²) in [5.41, 5.74) is 6.17. The Morgan fingerprint density at radius 1 is 1.27 bits per heavy atom. The number of hydrogen-bond donors (Lipinski definition) is 3. The van der Waals surface area contributed by atoms with Crippen LogP contribution in [-0.2, 0) is 4.79 Å². The number of benzene rings is 1. The molecule has 0 bridgehead atoms. The molecular formula is C18H29Cl2N3O2S. The molecule has 2 amide bonds. The Hall–Kier alpha value is -0.950. The fraction of sp³-hybridized carbons (Fsp3) is 0.556. The van der Waals surface area contributed by atoms with Crippen LogP contribution in [0.15, 0.2) is 24.3 Å². The predicted octanol–water partition coefficient (Wildman–Crippen LogP) is 3.25. The minimum Gasteiger partial charge on any atom is -0.352 e. The number of rotatable bonds is 10. The van der Waals surface area contributed by atoms with Crippen molar-refractivity contribution < 1.29 is 9.59 Å². The zero-order valence-electron chi connectivity index (χ0n) is 15.5. The smallest absolute Gasteiger partial charge is 0.253 e. The number of amides is 2.